The zero-order valence-electron chi connectivity index (χ0n) is 10.2. The molecule has 1 rings (SSSR count). The van der Waals surface area contributed by atoms with Gasteiger partial charge in [-0.1, -0.05) is 19.1 Å². The van der Waals surface area contributed by atoms with Crippen LogP contribution in [0.15, 0.2) is 25.3 Å². The van der Waals surface area contributed by atoms with E-state index in [1.807, 2.05) is 4.90 Å². The summed E-state index contributed by atoms with van der Waals surface area (Å²) in [4.78, 5) is 14.2. The molecular weight excluding hydrogens is 200 g/mol. The summed E-state index contributed by atoms with van der Waals surface area (Å²) in [5.41, 5.74) is -0.211. The topological polar surface area (TPSA) is 32.3 Å². The maximum absolute atomic E-state index is 12.4. The summed E-state index contributed by atoms with van der Waals surface area (Å²) in [6.07, 6.45) is 5.37. The summed E-state index contributed by atoms with van der Waals surface area (Å²) >= 11 is 0. The number of piperidine rings is 1. The predicted octanol–water partition coefficient (Wildman–Crippen LogP) is 1.58. The van der Waals surface area contributed by atoms with Crippen LogP contribution in [0.3, 0.4) is 0 Å². The molecule has 3 heteroatoms. The summed E-state index contributed by atoms with van der Waals surface area (Å²) in [7, 11) is 0. The van der Waals surface area contributed by atoms with E-state index in [0.717, 1.165) is 25.9 Å². The number of hydrogen-bond donors (Lipinski definition) is 1. The van der Waals surface area contributed by atoms with Crippen molar-refractivity contribution in [1.29, 1.82) is 0 Å². The van der Waals surface area contributed by atoms with E-state index in [4.69, 9.17) is 0 Å². The number of nitrogens with zero attached hydrogens (tertiary/aromatic N) is 1. The van der Waals surface area contributed by atoms with Gasteiger partial charge in [-0.25, -0.2) is 0 Å². The molecule has 0 spiro atoms. The molecule has 1 fully saturated rings. The van der Waals surface area contributed by atoms with Crippen LogP contribution in [0.2, 0.25) is 0 Å². The molecule has 0 aromatic heterocycles. The average Bonchev–Trinajstić information content (AvgIpc) is 2.29. The van der Waals surface area contributed by atoms with E-state index in [0.29, 0.717) is 13.1 Å². The van der Waals surface area contributed by atoms with Crippen molar-refractivity contribution in [2.45, 2.75) is 19.8 Å². The molecule has 0 radical (unpaired) electrons. The van der Waals surface area contributed by atoms with Gasteiger partial charge in [-0.2, -0.15) is 0 Å². The van der Waals surface area contributed by atoms with E-state index in [9.17, 15) is 4.79 Å². The highest BCUT2D eigenvalue weighted by molar-refractivity contribution is 5.82. The zero-order chi connectivity index (χ0) is 12.0. The minimum Gasteiger partial charge on any atom is -0.335 e. The van der Waals surface area contributed by atoms with Crippen LogP contribution >= 0.6 is 0 Å². The number of rotatable bonds is 5. The van der Waals surface area contributed by atoms with E-state index < -0.39 is 0 Å². The summed E-state index contributed by atoms with van der Waals surface area (Å²) in [6.45, 7) is 12.5. The Morgan fingerprint density at radius 2 is 1.81 bits per heavy atom. The van der Waals surface area contributed by atoms with Gasteiger partial charge in [-0.05, 0) is 25.9 Å². The normalized spacial score (nSPS) is 18.8. The van der Waals surface area contributed by atoms with E-state index in [1.54, 1.807) is 12.2 Å². The molecule has 1 aliphatic heterocycles. The van der Waals surface area contributed by atoms with Crippen LogP contribution in [0, 0.1) is 5.41 Å². The van der Waals surface area contributed by atoms with Crippen molar-refractivity contribution in [3.05, 3.63) is 25.3 Å². The molecule has 0 atom stereocenters. The Labute approximate surface area is 98.2 Å². The third-order valence-electron chi connectivity index (χ3n) is 3.21. The number of amides is 1. The van der Waals surface area contributed by atoms with Gasteiger partial charge in [0.1, 0.15) is 0 Å². The molecule has 0 aromatic carbocycles. The van der Waals surface area contributed by atoms with Gasteiger partial charge < -0.3 is 10.2 Å². The Balaban J connectivity index is 2.70. The van der Waals surface area contributed by atoms with Crippen LogP contribution < -0.4 is 5.32 Å². The highest BCUT2D eigenvalue weighted by Gasteiger charge is 2.36. The monoisotopic (exact) mass is 222 g/mol. The van der Waals surface area contributed by atoms with Crippen LogP contribution in [-0.2, 0) is 4.79 Å². The van der Waals surface area contributed by atoms with Gasteiger partial charge in [0.2, 0.25) is 5.91 Å². The van der Waals surface area contributed by atoms with Crippen LogP contribution in [0.1, 0.15) is 19.8 Å². The maximum atomic E-state index is 12.4. The average molecular weight is 222 g/mol. The Kier molecular flexibility index (Phi) is 4.74. The standard InChI is InChI=1S/C13H22N2O/c1-4-10-15(11-5-2)12(16)13(3)6-8-14-9-7-13/h4-5,14H,1-2,6-11H2,3H3. The first kappa shape index (κ1) is 13.0. The minimum atomic E-state index is -0.211. The van der Waals surface area contributed by atoms with Crippen molar-refractivity contribution in [1.82, 2.24) is 10.2 Å². The van der Waals surface area contributed by atoms with Crippen molar-refractivity contribution in [3.63, 3.8) is 0 Å². The van der Waals surface area contributed by atoms with Crippen molar-refractivity contribution in [2.75, 3.05) is 26.2 Å². The van der Waals surface area contributed by atoms with Crippen molar-refractivity contribution < 1.29 is 4.79 Å². The fourth-order valence-electron chi connectivity index (χ4n) is 2.13. The molecular formula is C13H22N2O. The number of hydrogen-bond acceptors (Lipinski definition) is 2. The van der Waals surface area contributed by atoms with E-state index >= 15 is 0 Å². The first-order valence-corrected chi connectivity index (χ1v) is 5.86. The fourth-order valence-corrected chi connectivity index (χ4v) is 2.13. The predicted molar refractivity (Wildman–Crippen MR) is 67.2 cm³/mol. The summed E-state index contributed by atoms with van der Waals surface area (Å²) in [5, 5.41) is 3.29. The molecule has 0 saturated carbocycles. The smallest absolute Gasteiger partial charge is 0.229 e. The second-order valence-corrected chi connectivity index (χ2v) is 4.60. The van der Waals surface area contributed by atoms with E-state index in [1.165, 1.54) is 0 Å². The third kappa shape index (κ3) is 2.95. The van der Waals surface area contributed by atoms with Gasteiger partial charge in [0.05, 0.1) is 0 Å². The summed E-state index contributed by atoms with van der Waals surface area (Å²) in [5.74, 6) is 0.230. The fraction of sp³-hybridized carbons (Fsp3) is 0.615. The lowest BCUT2D eigenvalue weighted by Gasteiger charge is -2.36. The zero-order valence-corrected chi connectivity index (χ0v) is 10.2. The first-order valence-electron chi connectivity index (χ1n) is 5.86. The first-order chi connectivity index (χ1) is 7.64. The Morgan fingerprint density at radius 3 is 2.25 bits per heavy atom. The highest BCUT2D eigenvalue weighted by atomic mass is 16.2. The van der Waals surface area contributed by atoms with Gasteiger partial charge in [0.15, 0.2) is 0 Å². The molecule has 0 aromatic rings. The van der Waals surface area contributed by atoms with Gasteiger partial charge >= 0.3 is 0 Å². The quantitative estimate of drug-likeness (QED) is 0.716. The van der Waals surface area contributed by atoms with Gasteiger partial charge in [0, 0.05) is 18.5 Å². The third-order valence-corrected chi connectivity index (χ3v) is 3.21. The van der Waals surface area contributed by atoms with Crippen LogP contribution in [0.25, 0.3) is 0 Å². The Morgan fingerprint density at radius 1 is 1.31 bits per heavy atom. The molecule has 16 heavy (non-hydrogen) atoms. The van der Waals surface area contributed by atoms with E-state index in [-0.39, 0.29) is 11.3 Å². The second kappa shape index (κ2) is 5.85. The molecule has 1 heterocycles. The minimum absolute atomic E-state index is 0.211. The highest BCUT2D eigenvalue weighted by Crippen LogP contribution is 2.30. The van der Waals surface area contributed by atoms with Crippen LogP contribution in [0.5, 0.6) is 0 Å². The van der Waals surface area contributed by atoms with Gasteiger partial charge in [0.25, 0.3) is 0 Å². The molecule has 3 nitrogen and oxygen atoms in total. The lowest BCUT2D eigenvalue weighted by Crippen LogP contribution is -2.47. The molecule has 0 bridgehead atoms. The lowest BCUT2D eigenvalue weighted by molar-refractivity contribution is -0.141. The second-order valence-electron chi connectivity index (χ2n) is 4.60. The molecule has 90 valence electrons. The molecule has 1 N–H and O–H groups in total. The van der Waals surface area contributed by atoms with Gasteiger partial charge in [-0.3, -0.25) is 4.79 Å². The SMILES string of the molecule is C=CCN(CC=C)C(=O)C1(C)CCNCC1. The van der Waals surface area contributed by atoms with Crippen LogP contribution in [0.4, 0.5) is 0 Å². The lowest BCUT2D eigenvalue weighted by atomic mass is 9.79. The van der Waals surface area contributed by atoms with Crippen molar-refractivity contribution in [2.24, 2.45) is 5.41 Å². The van der Waals surface area contributed by atoms with Gasteiger partial charge in [-0.15, -0.1) is 13.2 Å². The maximum Gasteiger partial charge on any atom is 0.229 e. The molecule has 1 amide bonds. The van der Waals surface area contributed by atoms with Crippen LogP contribution in [-0.4, -0.2) is 37.0 Å². The molecule has 0 unspecified atom stereocenters. The molecule has 0 aliphatic carbocycles. The van der Waals surface area contributed by atoms with E-state index in [2.05, 4.69) is 25.4 Å². The number of carbonyl (C=O) groups excluding carboxylic acids is 1. The number of nitrogens with one attached hydrogen (secondary N) is 1. The summed E-state index contributed by atoms with van der Waals surface area (Å²) in [6, 6.07) is 0. The molecule has 1 saturated heterocycles. The Bertz CT molecular complexity index is 257. The molecule has 1 aliphatic rings. The summed E-state index contributed by atoms with van der Waals surface area (Å²) < 4.78 is 0. The largest absolute Gasteiger partial charge is 0.335 e. The van der Waals surface area contributed by atoms with Crippen molar-refractivity contribution in [3.8, 4) is 0 Å². The van der Waals surface area contributed by atoms with Crippen molar-refractivity contribution >= 4 is 5.91 Å². The number of carbonyl (C=O) groups is 1. The Hall–Kier alpha value is -1.09.